The van der Waals surface area contributed by atoms with Gasteiger partial charge in [0, 0.05) is 6.04 Å². The number of aromatic nitrogens is 1. The minimum atomic E-state index is -0.0631. The summed E-state index contributed by atoms with van der Waals surface area (Å²) in [5.74, 6) is 0.907. The number of rotatable bonds is 6. The summed E-state index contributed by atoms with van der Waals surface area (Å²) in [6, 6.07) is 5.55. The molecule has 3 N–H and O–H groups in total. The lowest BCUT2D eigenvalue weighted by Gasteiger charge is -2.39. The molecule has 7 heteroatoms. The second kappa shape index (κ2) is 9.10. The highest BCUT2D eigenvalue weighted by Gasteiger charge is 2.32. The van der Waals surface area contributed by atoms with Crippen LogP contribution in [0.4, 0.5) is 5.82 Å². The fourth-order valence-corrected chi connectivity index (χ4v) is 4.27. The molecule has 1 aromatic rings. The van der Waals surface area contributed by atoms with Crippen LogP contribution >= 0.6 is 11.8 Å². The van der Waals surface area contributed by atoms with E-state index in [0.717, 1.165) is 25.7 Å². The van der Waals surface area contributed by atoms with Crippen LogP contribution in [0.2, 0.25) is 0 Å². The van der Waals surface area contributed by atoms with Crippen molar-refractivity contribution in [3.8, 4) is 12.1 Å². The van der Waals surface area contributed by atoms with Crippen LogP contribution in [0.25, 0.3) is 0 Å². The lowest BCUT2D eigenvalue weighted by molar-refractivity contribution is -0.119. The third-order valence-electron chi connectivity index (χ3n) is 5.71. The molecule has 0 radical (unpaired) electrons. The van der Waals surface area contributed by atoms with E-state index in [1.54, 1.807) is 0 Å². The van der Waals surface area contributed by atoms with Gasteiger partial charge < -0.3 is 11.1 Å². The second-order valence-corrected chi connectivity index (χ2v) is 8.71. The second-order valence-electron chi connectivity index (χ2n) is 7.74. The van der Waals surface area contributed by atoms with Crippen LogP contribution in [0, 0.1) is 34.0 Å². The Morgan fingerprint density at radius 2 is 1.93 bits per heavy atom. The molecule has 27 heavy (non-hydrogen) atoms. The zero-order chi connectivity index (χ0) is 20.0. The lowest BCUT2D eigenvalue weighted by Crippen LogP contribution is -2.40. The van der Waals surface area contributed by atoms with Gasteiger partial charge in [0.05, 0.1) is 16.9 Å². The van der Waals surface area contributed by atoms with Crippen LogP contribution in [0.5, 0.6) is 0 Å². The number of carbonyl (C=O) groups excluding carboxylic acids is 1. The molecule has 2 rings (SSSR count). The van der Waals surface area contributed by atoms with Crippen LogP contribution in [-0.2, 0) is 4.79 Å². The van der Waals surface area contributed by atoms with Crippen molar-refractivity contribution in [2.24, 2.45) is 11.3 Å². The first-order chi connectivity index (χ1) is 12.8. The lowest BCUT2D eigenvalue weighted by atomic mass is 9.69. The predicted octanol–water partition coefficient (Wildman–Crippen LogP) is 3.61. The molecule has 0 saturated heterocycles. The number of hydrogen-bond acceptors (Lipinski definition) is 6. The quantitative estimate of drug-likeness (QED) is 0.723. The zero-order valence-electron chi connectivity index (χ0n) is 16.2. The van der Waals surface area contributed by atoms with Gasteiger partial charge in [-0.2, -0.15) is 10.5 Å². The van der Waals surface area contributed by atoms with Crippen molar-refractivity contribution in [2.75, 3.05) is 11.5 Å². The zero-order valence-corrected chi connectivity index (χ0v) is 17.0. The molecule has 0 spiro atoms. The highest BCUT2D eigenvalue weighted by molar-refractivity contribution is 8.00. The van der Waals surface area contributed by atoms with E-state index in [2.05, 4.69) is 31.1 Å². The maximum Gasteiger partial charge on any atom is 0.230 e. The van der Waals surface area contributed by atoms with Crippen molar-refractivity contribution in [3.05, 3.63) is 17.2 Å². The van der Waals surface area contributed by atoms with Gasteiger partial charge in [-0.1, -0.05) is 39.0 Å². The Hall–Kier alpha value is -2.25. The van der Waals surface area contributed by atoms with Crippen LogP contribution in [0.15, 0.2) is 11.1 Å². The van der Waals surface area contributed by atoms with Crippen LogP contribution < -0.4 is 11.1 Å². The van der Waals surface area contributed by atoms with Gasteiger partial charge >= 0.3 is 0 Å². The van der Waals surface area contributed by atoms with Crippen molar-refractivity contribution in [3.63, 3.8) is 0 Å². The number of nitrogens with two attached hydrogens (primary N) is 1. The SMILES string of the molecule is CCC(C)(C)C1CCC(NC(=O)CSc2nc(N)c(C#N)cc2C#N)CC1. The maximum atomic E-state index is 12.3. The number of pyridine rings is 1. The summed E-state index contributed by atoms with van der Waals surface area (Å²) in [5, 5.41) is 21.7. The van der Waals surface area contributed by atoms with Gasteiger partial charge in [-0.15, -0.1) is 0 Å². The molecule has 0 aromatic carbocycles. The van der Waals surface area contributed by atoms with Gasteiger partial charge in [-0.3, -0.25) is 4.79 Å². The van der Waals surface area contributed by atoms with Gasteiger partial charge in [0.2, 0.25) is 5.91 Å². The largest absolute Gasteiger partial charge is 0.383 e. The number of nitrogens with one attached hydrogen (secondary N) is 1. The standard InChI is InChI=1S/C20H27N5OS/c1-4-20(2,3)15-5-7-16(8-6-15)24-17(26)12-27-19-14(11-22)9-13(10-21)18(23)25-19/h9,15-16H,4-8,12H2,1-3H3,(H2,23,25)(H,24,26). The summed E-state index contributed by atoms with van der Waals surface area (Å²) in [4.78, 5) is 16.4. The third kappa shape index (κ3) is 5.37. The van der Waals surface area contributed by atoms with Gasteiger partial charge in [-0.05, 0) is 43.1 Å². The Kier molecular flexibility index (Phi) is 7.10. The Bertz CT molecular complexity index is 770. The molecule has 1 fully saturated rings. The van der Waals surface area contributed by atoms with Crippen molar-refractivity contribution in [1.29, 1.82) is 10.5 Å². The van der Waals surface area contributed by atoms with Gasteiger partial charge in [0.25, 0.3) is 0 Å². The fourth-order valence-electron chi connectivity index (χ4n) is 3.50. The summed E-state index contributed by atoms with van der Waals surface area (Å²) >= 11 is 1.18. The summed E-state index contributed by atoms with van der Waals surface area (Å²) < 4.78 is 0. The first-order valence-corrected chi connectivity index (χ1v) is 10.3. The molecule has 144 valence electrons. The Morgan fingerprint density at radius 3 is 2.48 bits per heavy atom. The van der Waals surface area contributed by atoms with Crippen molar-refractivity contribution in [1.82, 2.24) is 10.3 Å². The average Bonchev–Trinajstić information content (AvgIpc) is 2.66. The Labute approximate surface area is 165 Å². The smallest absolute Gasteiger partial charge is 0.230 e. The number of amides is 1. The number of thioether (sulfide) groups is 1. The van der Waals surface area contributed by atoms with E-state index in [1.165, 1.54) is 24.2 Å². The van der Waals surface area contributed by atoms with Crippen LogP contribution in [-0.4, -0.2) is 22.7 Å². The van der Waals surface area contributed by atoms with E-state index in [1.807, 2.05) is 12.1 Å². The highest BCUT2D eigenvalue weighted by atomic mass is 32.2. The average molecular weight is 386 g/mol. The van der Waals surface area contributed by atoms with Gasteiger partial charge in [0.15, 0.2) is 0 Å². The number of nitrogens with zero attached hydrogens (tertiary/aromatic N) is 3. The molecule has 1 heterocycles. The molecule has 1 amide bonds. The van der Waals surface area contributed by atoms with Gasteiger partial charge in [-0.25, -0.2) is 4.98 Å². The molecule has 1 aliphatic carbocycles. The van der Waals surface area contributed by atoms with Crippen LogP contribution in [0.1, 0.15) is 64.0 Å². The van der Waals surface area contributed by atoms with E-state index in [4.69, 9.17) is 11.0 Å². The molecule has 0 atom stereocenters. The van der Waals surface area contributed by atoms with Gasteiger partial charge in [0.1, 0.15) is 23.0 Å². The van der Waals surface area contributed by atoms with E-state index in [9.17, 15) is 10.1 Å². The first-order valence-electron chi connectivity index (χ1n) is 9.33. The number of anilines is 1. The number of carbonyl (C=O) groups is 1. The normalized spacial score (nSPS) is 19.7. The molecule has 1 saturated carbocycles. The van der Waals surface area contributed by atoms with Crippen molar-refractivity contribution >= 4 is 23.5 Å². The van der Waals surface area contributed by atoms with E-state index in [-0.39, 0.29) is 34.6 Å². The summed E-state index contributed by atoms with van der Waals surface area (Å²) in [6.45, 7) is 6.90. The minimum absolute atomic E-state index is 0.0631. The summed E-state index contributed by atoms with van der Waals surface area (Å²) in [5.41, 5.74) is 6.51. The van der Waals surface area contributed by atoms with E-state index < -0.39 is 0 Å². The molecular formula is C20H27N5OS. The van der Waals surface area contributed by atoms with E-state index in [0.29, 0.717) is 16.4 Å². The molecular weight excluding hydrogens is 358 g/mol. The Balaban J connectivity index is 1.87. The van der Waals surface area contributed by atoms with Crippen molar-refractivity contribution < 1.29 is 4.79 Å². The molecule has 1 aromatic heterocycles. The maximum absolute atomic E-state index is 12.3. The minimum Gasteiger partial charge on any atom is -0.383 e. The third-order valence-corrected chi connectivity index (χ3v) is 6.70. The molecule has 0 bridgehead atoms. The predicted molar refractivity (Wildman–Crippen MR) is 107 cm³/mol. The summed E-state index contributed by atoms with van der Waals surface area (Å²) in [7, 11) is 0. The molecule has 6 nitrogen and oxygen atoms in total. The first kappa shape index (κ1) is 21.1. The fraction of sp³-hybridized carbons (Fsp3) is 0.600. The van der Waals surface area contributed by atoms with E-state index >= 15 is 0 Å². The van der Waals surface area contributed by atoms with Crippen molar-refractivity contribution in [2.45, 2.75) is 63.9 Å². The highest BCUT2D eigenvalue weighted by Crippen LogP contribution is 2.40. The monoisotopic (exact) mass is 385 g/mol. The summed E-state index contributed by atoms with van der Waals surface area (Å²) in [6.07, 6.45) is 5.48. The number of nitrogen functional groups attached to an aromatic ring is 1. The number of nitriles is 2. The molecule has 1 aliphatic rings. The molecule has 0 unspecified atom stereocenters. The molecule has 0 aliphatic heterocycles. The number of hydrogen-bond donors (Lipinski definition) is 2. The topological polar surface area (TPSA) is 116 Å². The van der Waals surface area contributed by atoms with Crippen LogP contribution in [0.3, 0.4) is 0 Å². The Morgan fingerprint density at radius 1 is 1.30 bits per heavy atom.